The third-order valence-electron chi connectivity index (χ3n) is 9.80. The maximum Gasteiger partial charge on any atom is 0.124 e. The fraction of sp³-hybridized carbons (Fsp3) is 0. The van der Waals surface area contributed by atoms with Crippen LogP contribution in [-0.4, -0.2) is 19.1 Å². The van der Waals surface area contributed by atoms with Crippen molar-refractivity contribution in [1.29, 1.82) is 0 Å². The van der Waals surface area contributed by atoms with Gasteiger partial charge in [0.15, 0.2) is 0 Å². The quantitative estimate of drug-likeness (QED) is 0.186. The van der Waals surface area contributed by atoms with Crippen molar-refractivity contribution in [3.63, 3.8) is 0 Å². The SMILES string of the molecule is c1ccc2c(c1)c1ccccc1n2-c1ccc(-c2nc3ccc(-c4nc5ccc(-n6c7ccccc7c7ccccc76)cc5s4)cc3s2)cc1. The first-order valence-electron chi connectivity index (χ1n) is 16.7. The predicted molar refractivity (Wildman–Crippen MR) is 212 cm³/mol. The maximum absolute atomic E-state index is 5.07. The minimum absolute atomic E-state index is 1.01. The van der Waals surface area contributed by atoms with Gasteiger partial charge in [-0.25, -0.2) is 9.97 Å². The molecule has 0 fully saturated rings. The zero-order chi connectivity index (χ0) is 32.8. The second-order valence-electron chi connectivity index (χ2n) is 12.7. The highest BCUT2D eigenvalue weighted by molar-refractivity contribution is 7.22. The molecule has 0 aliphatic carbocycles. The number of para-hydroxylation sites is 4. The second-order valence-corrected chi connectivity index (χ2v) is 14.7. The highest BCUT2D eigenvalue weighted by Crippen LogP contribution is 2.39. The number of rotatable bonds is 4. The summed E-state index contributed by atoms with van der Waals surface area (Å²) in [5.41, 5.74) is 11.4. The number of nitrogens with zero attached hydrogens (tertiary/aromatic N) is 4. The molecule has 11 aromatic rings. The summed E-state index contributed by atoms with van der Waals surface area (Å²) in [5.74, 6) is 0. The summed E-state index contributed by atoms with van der Waals surface area (Å²) in [4.78, 5) is 10.1. The Balaban J connectivity index is 0.940. The molecule has 0 radical (unpaired) electrons. The Morgan fingerprint density at radius 3 is 1.30 bits per heavy atom. The van der Waals surface area contributed by atoms with Gasteiger partial charge in [0.1, 0.15) is 10.0 Å². The van der Waals surface area contributed by atoms with E-state index in [1.165, 1.54) is 48.3 Å². The molecule has 50 heavy (non-hydrogen) atoms. The summed E-state index contributed by atoms with van der Waals surface area (Å²) >= 11 is 3.48. The largest absolute Gasteiger partial charge is 0.309 e. The highest BCUT2D eigenvalue weighted by atomic mass is 32.1. The van der Waals surface area contributed by atoms with Gasteiger partial charge in [0.2, 0.25) is 0 Å². The summed E-state index contributed by atoms with van der Waals surface area (Å²) in [6.45, 7) is 0. The Kier molecular flexibility index (Phi) is 5.96. The van der Waals surface area contributed by atoms with Crippen molar-refractivity contribution in [2.45, 2.75) is 0 Å². The molecule has 234 valence electrons. The molecular formula is C44H26N4S2. The van der Waals surface area contributed by atoms with E-state index in [-0.39, 0.29) is 0 Å². The van der Waals surface area contributed by atoms with Crippen molar-refractivity contribution in [2.24, 2.45) is 0 Å². The molecule has 0 aliphatic heterocycles. The first-order chi connectivity index (χ1) is 24.8. The summed E-state index contributed by atoms with van der Waals surface area (Å²) in [6.07, 6.45) is 0. The first-order valence-corrected chi connectivity index (χ1v) is 18.3. The Hall–Kier alpha value is -6.08. The van der Waals surface area contributed by atoms with Crippen LogP contribution in [0.1, 0.15) is 0 Å². The van der Waals surface area contributed by atoms with E-state index in [1.807, 2.05) is 0 Å². The van der Waals surface area contributed by atoms with Crippen LogP contribution in [0, 0.1) is 0 Å². The number of aromatic nitrogens is 4. The molecule has 11 rings (SSSR count). The molecule has 4 nitrogen and oxygen atoms in total. The minimum Gasteiger partial charge on any atom is -0.309 e. The smallest absolute Gasteiger partial charge is 0.124 e. The topological polar surface area (TPSA) is 35.6 Å². The molecule has 7 aromatic carbocycles. The predicted octanol–water partition coefficient (Wildman–Crippen LogP) is 12.4. The van der Waals surface area contributed by atoms with E-state index in [9.17, 15) is 0 Å². The standard InChI is InChI=1S/C44H26N4S2/c1-5-13-37-31(9-1)32-10-2-6-14-38(32)47(37)29-20-17-27(18-21-29)43-45-35-23-19-28(25-41(35)49-43)44-46-36-24-22-30(26-42(36)50-44)48-39-15-7-3-11-33(39)34-12-4-8-16-40(34)48/h1-26H. The van der Waals surface area contributed by atoms with Crippen LogP contribution in [0.5, 0.6) is 0 Å². The molecule has 6 heteroatoms. The fourth-order valence-corrected chi connectivity index (χ4v) is 9.52. The lowest BCUT2D eigenvalue weighted by Crippen LogP contribution is -1.93. The van der Waals surface area contributed by atoms with Crippen LogP contribution in [0.3, 0.4) is 0 Å². The van der Waals surface area contributed by atoms with Crippen LogP contribution < -0.4 is 0 Å². The van der Waals surface area contributed by atoms with Crippen molar-refractivity contribution in [3.8, 4) is 32.5 Å². The average Bonchev–Trinajstić information content (AvgIpc) is 3.95. The third-order valence-corrected chi connectivity index (χ3v) is 11.9. The number of hydrogen-bond acceptors (Lipinski definition) is 4. The number of hydrogen-bond donors (Lipinski definition) is 0. The van der Waals surface area contributed by atoms with Gasteiger partial charge in [-0.05, 0) is 84.9 Å². The molecule has 4 aromatic heterocycles. The summed E-state index contributed by atoms with van der Waals surface area (Å²) < 4.78 is 7.05. The molecule has 0 aliphatic rings. The van der Waals surface area contributed by atoms with Crippen molar-refractivity contribution in [2.75, 3.05) is 0 Å². The van der Waals surface area contributed by atoms with E-state index in [2.05, 4.69) is 167 Å². The Labute approximate surface area is 294 Å². The van der Waals surface area contributed by atoms with Gasteiger partial charge in [-0.1, -0.05) is 72.8 Å². The third kappa shape index (κ3) is 4.16. The van der Waals surface area contributed by atoms with Gasteiger partial charge in [-0.15, -0.1) is 22.7 Å². The van der Waals surface area contributed by atoms with Crippen LogP contribution >= 0.6 is 22.7 Å². The summed E-state index contributed by atoms with van der Waals surface area (Å²) in [6, 6.07) is 56.5. The normalized spacial score (nSPS) is 12.0. The molecular weight excluding hydrogens is 649 g/mol. The molecule has 0 bridgehead atoms. The Bertz CT molecular complexity index is 3000. The number of fused-ring (bicyclic) bond motifs is 8. The lowest BCUT2D eigenvalue weighted by atomic mass is 10.2. The van der Waals surface area contributed by atoms with Gasteiger partial charge in [-0.2, -0.15) is 0 Å². The highest BCUT2D eigenvalue weighted by Gasteiger charge is 2.16. The lowest BCUT2D eigenvalue weighted by molar-refractivity contribution is 1.18. The van der Waals surface area contributed by atoms with E-state index in [0.29, 0.717) is 0 Å². The number of benzene rings is 7. The lowest BCUT2D eigenvalue weighted by Gasteiger charge is -2.08. The molecule has 0 atom stereocenters. The molecule has 4 heterocycles. The zero-order valence-electron chi connectivity index (χ0n) is 26.6. The molecule has 0 spiro atoms. The Morgan fingerprint density at radius 1 is 0.360 bits per heavy atom. The molecule has 0 unspecified atom stereocenters. The van der Waals surface area contributed by atoms with Gasteiger partial charge < -0.3 is 9.13 Å². The van der Waals surface area contributed by atoms with Crippen LogP contribution in [-0.2, 0) is 0 Å². The van der Waals surface area contributed by atoms with E-state index >= 15 is 0 Å². The average molecular weight is 675 g/mol. The van der Waals surface area contributed by atoms with Gasteiger partial charge in [0.05, 0.1) is 42.5 Å². The van der Waals surface area contributed by atoms with Crippen molar-refractivity contribution in [3.05, 3.63) is 158 Å². The van der Waals surface area contributed by atoms with Crippen LogP contribution in [0.15, 0.2) is 158 Å². The maximum atomic E-state index is 5.07. The van der Waals surface area contributed by atoms with Crippen LogP contribution in [0.4, 0.5) is 0 Å². The molecule has 0 saturated heterocycles. The summed E-state index contributed by atoms with van der Waals surface area (Å²) in [7, 11) is 0. The summed E-state index contributed by atoms with van der Waals surface area (Å²) in [5, 5.41) is 7.11. The molecule has 0 N–H and O–H groups in total. The van der Waals surface area contributed by atoms with Crippen LogP contribution in [0.2, 0.25) is 0 Å². The molecule has 0 saturated carbocycles. The van der Waals surface area contributed by atoms with E-state index in [0.717, 1.165) is 48.3 Å². The number of thiazole rings is 2. The van der Waals surface area contributed by atoms with Crippen LogP contribution in [0.25, 0.3) is 96.6 Å². The van der Waals surface area contributed by atoms with Crippen molar-refractivity contribution < 1.29 is 0 Å². The van der Waals surface area contributed by atoms with Gasteiger partial charge in [0.25, 0.3) is 0 Å². The van der Waals surface area contributed by atoms with E-state index in [4.69, 9.17) is 9.97 Å². The second kappa shape index (κ2) is 10.7. The van der Waals surface area contributed by atoms with Gasteiger partial charge >= 0.3 is 0 Å². The molecule has 0 amide bonds. The first kappa shape index (κ1) is 27.8. The van der Waals surface area contributed by atoms with E-state index in [1.54, 1.807) is 22.7 Å². The van der Waals surface area contributed by atoms with Gasteiger partial charge in [-0.3, -0.25) is 0 Å². The fourth-order valence-electron chi connectivity index (χ4n) is 7.51. The zero-order valence-corrected chi connectivity index (χ0v) is 28.2. The van der Waals surface area contributed by atoms with Crippen molar-refractivity contribution in [1.82, 2.24) is 19.1 Å². The van der Waals surface area contributed by atoms with E-state index < -0.39 is 0 Å². The van der Waals surface area contributed by atoms with Gasteiger partial charge in [0, 0.05) is 44.0 Å². The minimum atomic E-state index is 1.01. The monoisotopic (exact) mass is 674 g/mol. The van der Waals surface area contributed by atoms with Crippen molar-refractivity contribution >= 4 is 86.7 Å². The Morgan fingerprint density at radius 2 is 0.760 bits per heavy atom.